The number of rotatable bonds is 6. The molecule has 2 aromatic heterocycles. The molecule has 140 valence electrons. The Kier molecular flexibility index (Phi) is 5.60. The fourth-order valence-corrected chi connectivity index (χ4v) is 3.16. The third kappa shape index (κ3) is 4.56. The van der Waals surface area contributed by atoms with Gasteiger partial charge in [-0.3, -0.25) is 9.59 Å². The minimum absolute atomic E-state index is 0.0705. The number of esters is 1. The molecule has 0 spiro atoms. The molecule has 0 radical (unpaired) electrons. The zero-order chi connectivity index (χ0) is 19.4. The first kappa shape index (κ1) is 18.7. The first-order valence-corrected chi connectivity index (χ1v) is 9.21. The highest BCUT2D eigenvalue weighted by Gasteiger charge is 2.11. The summed E-state index contributed by atoms with van der Waals surface area (Å²) in [7, 11) is 0. The van der Waals surface area contributed by atoms with Gasteiger partial charge in [0, 0.05) is 18.2 Å². The number of fused-ring (bicyclic) bond motifs is 1. The van der Waals surface area contributed by atoms with Crippen molar-refractivity contribution in [2.45, 2.75) is 33.3 Å². The third-order valence-electron chi connectivity index (χ3n) is 3.63. The molecular formula is C18H18N4O4S. The number of carbonyl (C=O) groups excluding carboxylic acids is 2. The van der Waals surface area contributed by atoms with Gasteiger partial charge in [0.15, 0.2) is 0 Å². The number of nitrogens with one attached hydrogen (secondary N) is 1. The van der Waals surface area contributed by atoms with E-state index in [1.54, 1.807) is 31.2 Å². The second-order valence-electron chi connectivity index (χ2n) is 5.85. The van der Waals surface area contributed by atoms with E-state index >= 15 is 0 Å². The number of carbonyl (C=O) groups is 2. The van der Waals surface area contributed by atoms with Crippen LogP contribution in [-0.4, -0.2) is 26.5 Å². The first-order valence-electron chi connectivity index (χ1n) is 8.39. The molecular weight excluding hydrogens is 368 g/mol. The van der Waals surface area contributed by atoms with Crippen LogP contribution < -0.4 is 10.9 Å². The largest absolute Gasteiger partial charge is 0.456 e. The summed E-state index contributed by atoms with van der Waals surface area (Å²) in [5.41, 5.74) is 1.00. The summed E-state index contributed by atoms with van der Waals surface area (Å²) in [4.78, 5) is 40.5. The zero-order valence-corrected chi connectivity index (χ0v) is 15.7. The van der Waals surface area contributed by atoms with Gasteiger partial charge < -0.3 is 10.1 Å². The number of hydrogen-bond acceptors (Lipinski definition) is 7. The molecule has 0 aliphatic heterocycles. The number of aromatic nitrogens is 3. The average Bonchev–Trinajstić information content (AvgIpc) is 3.01. The van der Waals surface area contributed by atoms with Gasteiger partial charge in [-0.05, 0) is 37.6 Å². The van der Waals surface area contributed by atoms with Crippen LogP contribution in [0, 0.1) is 6.92 Å². The maximum Gasteiger partial charge on any atom is 0.338 e. The van der Waals surface area contributed by atoms with Crippen molar-refractivity contribution >= 4 is 33.9 Å². The van der Waals surface area contributed by atoms with Gasteiger partial charge in [0.2, 0.25) is 10.9 Å². The van der Waals surface area contributed by atoms with Crippen LogP contribution >= 0.6 is 11.3 Å². The molecule has 0 aliphatic carbocycles. The molecule has 0 saturated carbocycles. The van der Waals surface area contributed by atoms with Gasteiger partial charge in [-0.25, -0.2) is 9.78 Å². The summed E-state index contributed by atoms with van der Waals surface area (Å²) in [6.07, 6.45) is 1.21. The standard InChI is InChI=1S/C18H18N4O4S/c1-3-4-15(23)19-13-7-5-12(6-8-13)17(25)26-10-14-9-16(24)22-18(20-14)27-11(2)21-22/h5-9H,3-4,10H2,1-2H3,(H,19,23). The number of amides is 1. The lowest BCUT2D eigenvalue weighted by molar-refractivity contribution is -0.116. The van der Waals surface area contributed by atoms with Gasteiger partial charge in [0.25, 0.3) is 5.56 Å². The van der Waals surface area contributed by atoms with Gasteiger partial charge in [0.1, 0.15) is 11.6 Å². The van der Waals surface area contributed by atoms with Crippen LogP contribution in [0.5, 0.6) is 0 Å². The Morgan fingerprint density at radius 2 is 2.00 bits per heavy atom. The number of ether oxygens (including phenoxy) is 1. The number of hydrogen-bond donors (Lipinski definition) is 1. The third-order valence-corrected chi connectivity index (χ3v) is 4.46. The van der Waals surface area contributed by atoms with E-state index in [2.05, 4.69) is 15.4 Å². The normalized spacial score (nSPS) is 10.7. The molecule has 3 aromatic rings. The monoisotopic (exact) mass is 386 g/mol. The van der Waals surface area contributed by atoms with Crippen molar-refractivity contribution in [3.63, 3.8) is 0 Å². The number of aryl methyl sites for hydroxylation is 1. The quantitative estimate of drug-likeness (QED) is 0.653. The maximum absolute atomic E-state index is 12.2. The van der Waals surface area contributed by atoms with Gasteiger partial charge >= 0.3 is 5.97 Å². The van der Waals surface area contributed by atoms with E-state index in [0.29, 0.717) is 28.3 Å². The number of nitrogens with zero attached hydrogens (tertiary/aromatic N) is 3. The van der Waals surface area contributed by atoms with E-state index in [1.165, 1.54) is 21.9 Å². The molecule has 3 rings (SSSR count). The van der Waals surface area contributed by atoms with E-state index in [4.69, 9.17) is 4.74 Å². The molecule has 0 unspecified atom stereocenters. The van der Waals surface area contributed by atoms with Gasteiger partial charge in [-0.1, -0.05) is 18.3 Å². The Morgan fingerprint density at radius 1 is 1.26 bits per heavy atom. The van der Waals surface area contributed by atoms with Crippen molar-refractivity contribution in [3.05, 3.63) is 57.0 Å². The van der Waals surface area contributed by atoms with Crippen molar-refractivity contribution in [3.8, 4) is 0 Å². The predicted octanol–water partition coefficient (Wildman–Crippen LogP) is 2.56. The maximum atomic E-state index is 12.2. The lowest BCUT2D eigenvalue weighted by atomic mass is 10.2. The molecule has 1 amide bonds. The van der Waals surface area contributed by atoms with Gasteiger partial charge in [0.05, 0.1) is 11.3 Å². The molecule has 1 aromatic carbocycles. The fourth-order valence-electron chi connectivity index (χ4n) is 2.39. The summed E-state index contributed by atoms with van der Waals surface area (Å²) in [5.74, 6) is -0.609. The number of benzene rings is 1. The number of anilines is 1. The summed E-state index contributed by atoms with van der Waals surface area (Å²) >= 11 is 1.29. The fraction of sp³-hybridized carbons (Fsp3) is 0.278. The lowest BCUT2D eigenvalue weighted by Gasteiger charge is -2.07. The summed E-state index contributed by atoms with van der Waals surface area (Å²) in [5, 5.41) is 7.53. The van der Waals surface area contributed by atoms with Crippen LogP contribution in [0.3, 0.4) is 0 Å². The van der Waals surface area contributed by atoms with Crippen molar-refractivity contribution in [2.24, 2.45) is 0 Å². The predicted molar refractivity (Wildman–Crippen MR) is 101 cm³/mol. The first-order chi connectivity index (χ1) is 13.0. The lowest BCUT2D eigenvalue weighted by Crippen LogP contribution is -2.16. The van der Waals surface area contributed by atoms with Crippen molar-refractivity contribution in [1.82, 2.24) is 14.6 Å². The Bertz CT molecular complexity index is 1040. The van der Waals surface area contributed by atoms with Gasteiger partial charge in [-0.15, -0.1) is 0 Å². The Morgan fingerprint density at radius 3 is 2.70 bits per heavy atom. The topological polar surface area (TPSA) is 103 Å². The van der Waals surface area contributed by atoms with Crippen LogP contribution in [-0.2, 0) is 16.1 Å². The van der Waals surface area contributed by atoms with E-state index in [-0.39, 0.29) is 18.1 Å². The average molecular weight is 386 g/mol. The molecule has 0 bridgehead atoms. The molecule has 2 heterocycles. The Hall–Kier alpha value is -3.07. The molecule has 9 heteroatoms. The highest BCUT2D eigenvalue weighted by Crippen LogP contribution is 2.13. The highest BCUT2D eigenvalue weighted by molar-refractivity contribution is 7.16. The van der Waals surface area contributed by atoms with Crippen LogP contribution in [0.25, 0.3) is 4.96 Å². The molecule has 0 saturated heterocycles. The molecule has 0 aliphatic rings. The van der Waals surface area contributed by atoms with E-state index in [1.807, 2.05) is 6.92 Å². The van der Waals surface area contributed by atoms with Crippen LogP contribution in [0.1, 0.15) is 40.8 Å². The second kappa shape index (κ2) is 8.09. The Labute approximate surface area is 158 Å². The van der Waals surface area contributed by atoms with Crippen molar-refractivity contribution < 1.29 is 14.3 Å². The minimum atomic E-state index is -0.538. The van der Waals surface area contributed by atoms with Crippen molar-refractivity contribution in [1.29, 1.82) is 0 Å². The zero-order valence-electron chi connectivity index (χ0n) is 14.9. The second-order valence-corrected chi connectivity index (χ2v) is 7.01. The molecule has 8 nitrogen and oxygen atoms in total. The van der Waals surface area contributed by atoms with Crippen LogP contribution in [0.4, 0.5) is 5.69 Å². The molecule has 0 atom stereocenters. The van der Waals surface area contributed by atoms with Crippen LogP contribution in [0.2, 0.25) is 0 Å². The smallest absolute Gasteiger partial charge is 0.338 e. The van der Waals surface area contributed by atoms with E-state index < -0.39 is 5.97 Å². The summed E-state index contributed by atoms with van der Waals surface area (Å²) in [6.45, 7) is 3.60. The summed E-state index contributed by atoms with van der Waals surface area (Å²) < 4.78 is 6.45. The SMILES string of the molecule is CCCC(=O)Nc1ccc(C(=O)OCc2cc(=O)n3nc(C)sc3n2)cc1. The van der Waals surface area contributed by atoms with Crippen molar-refractivity contribution in [2.75, 3.05) is 5.32 Å². The van der Waals surface area contributed by atoms with Crippen LogP contribution in [0.15, 0.2) is 35.1 Å². The van der Waals surface area contributed by atoms with E-state index in [9.17, 15) is 14.4 Å². The minimum Gasteiger partial charge on any atom is -0.456 e. The van der Waals surface area contributed by atoms with Gasteiger partial charge in [-0.2, -0.15) is 9.61 Å². The molecule has 27 heavy (non-hydrogen) atoms. The Balaban J connectivity index is 1.64. The van der Waals surface area contributed by atoms with E-state index in [0.717, 1.165) is 11.4 Å². The highest BCUT2D eigenvalue weighted by atomic mass is 32.1. The molecule has 0 fully saturated rings. The molecule has 1 N–H and O–H groups in total. The summed E-state index contributed by atoms with van der Waals surface area (Å²) in [6, 6.07) is 7.72.